The van der Waals surface area contributed by atoms with Crippen LogP contribution in [0, 0.1) is 6.92 Å². The summed E-state index contributed by atoms with van der Waals surface area (Å²) in [6, 6.07) is 0. The summed E-state index contributed by atoms with van der Waals surface area (Å²) in [6.07, 6.45) is 1.59. The van der Waals surface area contributed by atoms with Crippen LogP contribution in [0.3, 0.4) is 0 Å². The Morgan fingerprint density at radius 1 is 1.75 bits per heavy atom. The second-order valence-corrected chi connectivity index (χ2v) is 2.54. The molecule has 0 aliphatic carbocycles. The number of hydrogen-bond donors (Lipinski definition) is 1. The Morgan fingerprint density at radius 3 is 2.83 bits per heavy atom. The molecule has 4 nitrogen and oxygen atoms in total. The maximum absolute atomic E-state index is 11.2. The van der Waals surface area contributed by atoms with E-state index in [4.69, 9.17) is 0 Å². The Balaban J connectivity index is 3.02. The van der Waals surface area contributed by atoms with Gasteiger partial charge in [-0.05, 0) is 13.8 Å². The first-order valence-corrected chi connectivity index (χ1v) is 3.95. The Labute approximate surface area is 71.6 Å². The molecule has 1 aromatic heterocycles. The van der Waals surface area contributed by atoms with Gasteiger partial charge in [0.05, 0.1) is 11.8 Å². The summed E-state index contributed by atoms with van der Waals surface area (Å²) in [5.41, 5.74) is 1.57. The van der Waals surface area contributed by atoms with Crippen LogP contribution in [-0.2, 0) is 6.54 Å². The summed E-state index contributed by atoms with van der Waals surface area (Å²) < 4.78 is 1.80. The molecule has 1 aromatic rings. The zero-order valence-corrected chi connectivity index (χ0v) is 7.59. The lowest BCUT2D eigenvalue weighted by atomic mass is 10.2. The molecule has 0 spiro atoms. The molecule has 0 aromatic carbocycles. The van der Waals surface area contributed by atoms with Crippen molar-refractivity contribution >= 4 is 5.91 Å². The van der Waals surface area contributed by atoms with E-state index in [1.54, 1.807) is 17.9 Å². The monoisotopic (exact) mass is 167 g/mol. The first-order valence-electron chi connectivity index (χ1n) is 3.95. The highest BCUT2D eigenvalue weighted by atomic mass is 16.1. The van der Waals surface area contributed by atoms with Gasteiger partial charge in [0, 0.05) is 19.3 Å². The first kappa shape index (κ1) is 8.77. The minimum atomic E-state index is -0.0767. The molecule has 1 heterocycles. The molecule has 0 aliphatic rings. The first-order chi connectivity index (χ1) is 5.70. The lowest BCUT2D eigenvalue weighted by Gasteiger charge is -2.00. The van der Waals surface area contributed by atoms with Crippen LogP contribution in [0.25, 0.3) is 0 Å². The minimum Gasteiger partial charge on any atom is -0.355 e. The molecule has 0 atom stereocenters. The van der Waals surface area contributed by atoms with Crippen molar-refractivity contribution in [3.8, 4) is 0 Å². The smallest absolute Gasteiger partial charge is 0.254 e. The van der Waals surface area contributed by atoms with Crippen molar-refractivity contribution in [2.24, 2.45) is 0 Å². The topological polar surface area (TPSA) is 46.9 Å². The van der Waals surface area contributed by atoms with Gasteiger partial charge >= 0.3 is 0 Å². The summed E-state index contributed by atoms with van der Waals surface area (Å²) in [5.74, 6) is -0.0767. The third-order valence-corrected chi connectivity index (χ3v) is 1.87. The van der Waals surface area contributed by atoms with Crippen LogP contribution in [-0.4, -0.2) is 22.7 Å². The summed E-state index contributed by atoms with van der Waals surface area (Å²) in [4.78, 5) is 11.2. The Kier molecular flexibility index (Phi) is 2.47. The van der Waals surface area contributed by atoms with E-state index >= 15 is 0 Å². The van der Waals surface area contributed by atoms with Gasteiger partial charge in [-0.25, -0.2) is 0 Å². The lowest BCUT2D eigenvalue weighted by molar-refractivity contribution is 0.0962. The summed E-state index contributed by atoms with van der Waals surface area (Å²) in [5, 5.41) is 6.63. The molecule has 1 N–H and O–H groups in total. The van der Waals surface area contributed by atoms with Crippen LogP contribution < -0.4 is 5.32 Å². The predicted molar refractivity (Wildman–Crippen MR) is 46.0 cm³/mol. The maximum atomic E-state index is 11.2. The molecule has 0 saturated heterocycles. The zero-order valence-electron chi connectivity index (χ0n) is 7.59. The number of nitrogens with one attached hydrogen (secondary N) is 1. The molecule has 4 heteroatoms. The number of hydrogen-bond acceptors (Lipinski definition) is 2. The van der Waals surface area contributed by atoms with Gasteiger partial charge in [-0.1, -0.05) is 0 Å². The number of aromatic nitrogens is 2. The van der Waals surface area contributed by atoms with E-state index in [0.29, 0.717) is 5.56 Å². The van der Waals surface area contributed by atoms with Gasteiger partial charge in [-0.15, -0.1) is 0 Å². The van der Waals surface area contributed by atoms with Crippen molar-refractivity contribution in [3.63, 3.8) is 0 Å². The van der Waals surface area contributed by atoms with Gasteiger partial charge in [0.25, 0.3) is 5.91 Å². The largest absolute Gasteiger partial charge is 0.355 e. The van der Waals surface area contributed by atoms with Gasteiger partial charge in [0.15, 0.2) is 0 Å². The molecular weight excluding hydrogens is 154 g/mol. The minimum absolute atomic E-state index is 0.0767. The van der Waals surface area contributed by atoms with Crippen LogP contribution in [0.2, 0.25) is 0 Å². The number of carbonyl (C=O) groups is 1. The van der Waals surface area contributed by atoms with Crippen molar-refractivity contribution in [2.45, 2.75) is 20.4 Å². The second-order valence-electron chi connectivity index (χ2n) is 2.54. The van der Waals surface area contributed by atoms with Gasteiger partial charge in [0.1, 0.15) is 0 Å². The zero-order chi connectivity index (χ0) is 9.14. The van der Waals surface area contributed by atoms with Gasteiger partial charge in [0.2, 0.25) is 0 Å². The fraction of sp³-hybridized carbons (Fsp3) is 0.500. The molecule has 1 rings (SSSR count). The SMILES string of the molecule is CCn1ncc(C(=O)NC)c1C. The van der Waals surface area contributed by atoms with Crippen LogP contribution in [0.15, 0.2) is 6.20 Å². The van der Waals surface area contributed by atoms with Gasteiger partial charge < -0.3 is 5.32 Å². The standard InChI is InChI=1S/C8H13N3O/c1-4-11-6(2)7(5-10-11)8(12)9-3/h5H,4H2,1-3H3,(H,9,12). The molecular formula is C8H13N3O. The number of carbonyl (C=O) groups excluding carboxylic acids is 1. The van der Waals surface area contributed by atoms with E-state index in [0.717, 1.165) is 12.2 Å². The molecule has 0 unspecified atom stereocenters. The van der Waals surface area contributed by atoms with Gasteiger partial charge in [-0.3, -0.25) is 9.48 Å². The number of aryl methyl sites for hydroxylation is 1. The maximum Gasteiger partial charge on any atom is 0.254 e. The molecule has 0 aliphatic heterocycles. The molecule has 0 bridgehead atoms. The highest BCUT2D eigenvalue weighted by molar-refractivity contribution is 5.94. The van der Waals surface area contributed by atoms with E-state index in [1.807, 2.05) is 13.8 Å². The van der Waals surface area contributed by atoms with E-state index in [-0.39, 0.29) is 5.91 Å². The van der Waals surface area contributed by atoms with Crippen LogP contribution >= 0.6 is 0 Å². The summed E-state index contributed by atoms with van der Waals surface area (Å²) in [7, 11) is 1.62. The van der Waals surface area contributed by atoms with Crippen molar-refractivity contribution in [2.75, 3.05) is 7.05 Å². The molecule has 12 heavy (non-hydrogen) atoms. The predicted octanol–water partition coefficient (Wildman–Crippen LogP) is 0.571. The Hall–Kier alpha value is -1.32. The van der Waals surface area contributed by atoms with E-state index in [2.05, 4.69) is 10.4 Å². The fourth-order valence-electron chi connectivity index (χ4n) is 1.12. The molecule has 0 saturated carbocycles. The van der Waals surface area contributed by atoms with E-state index in [9.17, 15) is 4.79 Å². The van der Waals surface area contributed by atoms with Crippen molar-refractivity contribution in [1.29, 1.82) is 0 Å². The number of amides is 1. The van der Waals surface area contributed by atoms with Crippen molar-refractivity contribution < 1.29 is 4.79 Å². The Morgan fingerprint density at radius 2 is 2.42 bits per heavy atom. The third kappa shape index (κ3) is 1.32. The van der Waals surface area contributed by atoms with Crippen LogP contribution in [0.1, 0.15) is 23.0 Å². The molecule has 0 radical (unpaired) electrons. The lowest BCUT2D eigenvalue weighted by Crippen LogP contribution is -2.18. The third-order valence-electron chi connectivity index (χ3n) is 1.87. The average molecular weight is 167 g/mol. The molecule has 66 valence electrons. The highest BCUT2D eigenvalue weighted by Gasteiger charge is 2.10. The van der Waals surface area contributed by atoms with Crippen molar-refractivity contribution in [1.82, 2.24) is 15.1 Å². The number of rotatable bonds is 2. The number of nitrogens with zero attached hydrogens (tertiary/aromatic N) is 2. The summed E-state index contributed by atoms with van der Waals surface area (Å²) in [6.45, 7) is 4.68. The van der Waals surface area contributed by atoms with Crippen LogP contribution in [0.5, 0.6) is 0 Å². The van der Waals surface area contributed by atoms with E-state index in [1.165, 1.54) is 0 Å². The quantitative estimate of drug-likeness (QED) is 0.700. The highest BCUT2D eigenvalue weighted by Crippen LogP contribution is 2.05. The summed E-state index contributed by atoms with van der Waals surface area (Å²) >= 11 is 0. The van der Waals surface area contributed by atoms with Gasteiger partial charge in [-0.2, -0.15) is 5.10 Å². The van der Waals surface area contributed by atoms with Crippen molar-refractivity contribution in [3.05, 3.63) is 17.5 Å². The second kappa shape index (κ2) is 3.38. The Bertz CT molecular complexity index is 290. The van der Waals surface area contributed by atoms with E-state index < -0.39 is 0 Å². The van der Waals surface area contributed by atoms with Crippen LogP contribution in [0.4, 0.5) is 0 Å². The molecule has 0 fully saturated rings. The molecule has 1 amide bonds. The average Bonchev–Trinajstić information content (AvgIpc) is 2.45. The fourth-order valence-corrected chi connectivity index (χ4v) is 1.12. The normalized spacial score (nSPS) is 9.92.